The number of hydrogen-bond acceptors (Lipinski definition) is 3. The predicted octanol–water partition coefficient (Wildman–Crippen LogP) is 4.23. The molecule has 4 nitrogen and oxygen atoms in total. The van der Waals surface area contributed by atoms with E-state index in [0.29, 0.717) is 6.26 Å². The van der Waals surface area contributed by atoms with Crippen molar-refractivity contribution < 1.29 is 17.5 Å². The summed E-state index contributed by atoms with van der Waals surface area (Å²) in [7, 11) is -3.92. The molecule has 140 valence electrons. The van der Waals surface area contributed by atoms with Gasteiger partial charge in [-0.1, -0.05) is 58.8 Å². The normalized spacial score (nSPS) is 11.0. The predicted molar refractivity (Wildman–Crippen MR) is 98.9 cm³/mol. The molecular formula is C19H35NO3S. The van der Waals surface area contributed by atoms with Crippen LogP contribution in [0.3, 0.4) is 0 Å². The molecule has 0 saturated heterocycles. The summed E-state index contributed by atoms with van der Waals surface area (Å²) in [6.45, 7) is 5.69. The second-order valence-corrected chi connectivity index (χ2v) is 7.74. The Kier molecular flexibility index (Phi) is 13.8. The molecule has 0 fully saturated rings. The summed E-state index contributed by atoms with van der Waals surface area (Å²) in [6.07, 6.45) is 18.9. The molecule has 1 rings (SSSR count). The van der Waals surface area contributed by atoms with Crippen LogP contribution in [0.15, 0.2) is 24.5 Å². The van der Waals surface area contributed by atoms with Crippen LogP contribution in [0.25, 0.3) is 0 Å². The molecule has 5 heteroatoms. The molecule has 0 amide bonds. The van der Waals surface area contributed by atoms with E-state index in [1.165, 1.54) is 69.9 Å². The zero-order valence-electron chi connectivity index (χ0n) is 15.7. The molecule has 0 aromatic carbocycles. The number of unbranched alkanes of at least 4 members (excludes halogenated alkanes) is 8. The second-order valence-electron chi connectivity index (χ2n) is 6.34. The fraction of sp³-hybridized carbons (Fsp3) is 0.737. The highest BCUT2D eigenvalue weighted by molar-refractivity contribution is 7.84. The average Bonchev–Trinajstić information content (AvgIpc) is 2.52. The van der Waals surface area contributed by atoms with Crippen LogP contribution in [-0.2, 0) is 23.1 Å². The number of nitrogens with zero attached hydrogens (tertiary/aromatic N) is 1. The van der Waals surface area contributed by atoms with E-state index in [-0.39, 0.29) is 0 Å². The molecule has 0 atom stereocenters. The molecule has 24 heavy (non-hydrogen) atoms. The Morgan fingerprint density at radius 2 is 1.46 bits per heavy atom. The average molecular weight is 358 g/mol. The third-order valence-corrected chi connectivity index (χ3v) is 3.85. The Morgan fingerprint density at radius 3 is 1.96 bits per heavy atom. The van der Waals surface area contributed by atoms with Gasteiger partial charge in [0.25, 0.3) is 0 Å². The first-order chi connectivity index (χ1) is 11.4. The molecule has 0 bridgehead atoms. The van der Waals surface area contributed by atoms with E-state index in [1.54, 1.807) is 0 Å². The molecule has 0 radical (unpaired) electrons. The van der Waals surface area contributed by atoms with Gasteiger partial charge in [0, 0.05) is 24.3 Å². The molecule has 1 aromatic rings. The van der Waals surface area contributed by atoms with Gasteiger partial charge in [0.2, 0.25) is 0 Å². The zero-order chi connectivity index (χ0) is 18.3. The number of hydrogen-bond donors (Lipinski definition) is 0. The minimum Gasteiger partial charge on any atom is -0.748 e. The van der Waals surface area contributed by atoms with Crippen molar-refractivity contribution >= 4 is 10.1 Å². The van der Waals surface area contributed by atoms with Gasteiger partial charge in [0.15, 0.2) is 12.4 Å². The Hall–Kier alpha value is -0.940. The first kappa shape index (κ1) is 23.1. The number of aryl methyl sites for hydroxylation is 2. The molecule has 0 aliphatic carbocycles. The van der Waals surface area contributed by atoms with Gasteiger partial charge in [0.1, 0.15) is 6.54 Å². The van der Waals surface area contributed by atoms with E-state index in [2.05, 4.69) is 42.9 Å². The first-order valence-electron chi connectivity index (χ1n) is 9.25. The number of pyridine rings is 1. The summed E-state index contributed by atoms with van der Waals surface area (Å²) >= 11 is 0. The lowest BCUT2D eigenvalue weighted by Gasteiger charge is -2.01. The summed E-state index contributed by atoms with van der Waals surface area (Å²) in [5.74, 6) is 0. The Morgan fingerprint density at radius 1 is 0.958 bits per heavy atom. The summed E-state index contributed by atoms with van der Waals surface area (Å²) in [5.41, 5.74) is 1.44. The van der Waals surface area contributed by atoms with E-state index in [4.69, 9.17) is 13.0 Å². The van der Waals surface area contributed by atoms with Gasteiger partial charge in [-0.3, -0.25) is 0 Å². The van der Waals surface area contributed by atoms with Crippen molar-refractivity contribution in [2.24, 2.45) is 0 Å². The van der Waals surface area contributed by atoms with Gasteiger partial charge in [-0.15, -0.1) is 0 Å². The van der Waals surface area contributed by atoms with Gasteiger partial charge >= 0.3 is 0 Å². The Bertz CT molecular complexity index is 507. The topological polar surface area (TPSA) is 61.1 Å². The van der Waals surface area contributed by atoms with Crippen LogP contribution >= 0.6 is 0 Å². The Labute approximate surface area is 149 Å². The van der Waals surface area contributed by atoms with Crippen molar-refractivity contribution in [2.45, 2.75) is 84.6 Å². The van der Waals surface area contributed by atoms with Crippen LogP contribution in [0.1, 0.15) is 77.2 Å². The van der Waals surface area contributed by atoms with Crippen LogP contribution in [0.5, 0.6) is 0 Å². The van der Waals surface area contributed by atoms with Crippen molar-refractivity contribution in [3.8, 4) is 0 Å². The highest BCUT2D eigenvalue weighted by Gasteiger charge is 2.01. The van der Waals surface area contributed by atoms with Gasteiger partial charge < -0.3 is 4.55 Å². The van der Waals surface area contributed by atoms with Crippen molar-refractivity contribution in [3.05, 3.63) is 30.1 Å². The second kappa shape index (κ2) is 14.4. The quantitative estimate of drug-likeness (QED) is 0.338. The fourth-order valence-corrected chi connectivity index (χ4v) is 2.53. The fourth-order valence-electron chi connectivity index (χ4n) is 2.53. The monoisotopic (exact) mass is 357 g/mol. The minimum atomic E-state index is -3.92. The van der Waals surface area contributed by atoms with Gasteiger partial charge in [-0.2, -0.15) is 0 Å². The number of rotatable bonds is 11. The lowest BCUT2D eigenvalue weighted by Crippen LogP contribution is -2.33. The highest BCUT2D eigenvalue weighted by Crippen LogP contribution is 2.09. The highest BCUT2D eigenvalue weighted by atomic mass is 32.2. The third-order valence-electron chi connectivity index (χ3n) is 3.85. The smallest absolute Gasteiger partial charge is 0.171 e. The molecule has 0 unspecified atom stereocenters. The first-order valence-corrected chi connectivity index (χ1v) is 11.1. The Balaban J connectivity index is 0.000000922. The largest absolute Gasteiger partial charge is 0.748 e. The molecular weight excluding hydrogens is 322 g/mol. The number of aromatic nitrogens is 1. The molecule has 0 N–H and O–H groups in total. The maximum Gasteiger partial charge on any atom is 0.171 e. The maximum atomic E-state index is 9.08. The van der Waals surface area contributed by atoms with Gasteiger partial charge in [-0.05, 0) is 18.9 Å². The summed E-state index contributed by atoms with van der Waals surface area (Å²) < 4.78 is 29.6. The lowest BCUT2D eigenvalue weighted by atomic mass is 10.1. The van der Waals surface area contributed by atoms with E-state index in [0.717, 1.165) is 6.42 Å². The van der Waals surface area contributed by atoms with Crippen LogP contribution in [0, 0.1) is 0 Å². The van der Waals surface area contributed by atoms with E-state index in [1.807, 2.05) is 0 Å². The lowest BCUT2D eigenvalue weighted by molar-refractivity contribution is -0.697. The standard InChI is InChI=1S/C18H32N.CH4O3S/c1-3-5-6-7-8-9-10-11-12-15-19-16-13-14-18(4-2)17-19;1-5(2,3)4/h13-14,16-17H,3-12,15H2,1-2H3;1H3,(H,2,3,4)/q+1;/p-1. The van der Waals surface area contributed by atoms with E-state index >= 15 is 0 Å². The van der Waals surface area contributed by atoms with Gasteiger partial charge in [0.05, 0.1) is 10.1 Å². The zero-order valence-corrected chi connectivity index (χ0v) is 16.5. The van der Waals surface area contributed by atoms with Crippen LogP contribution in [0.2, 0.25) is 0 Å². The van der Waals surface area contributed by atoms with Gasteiger partial charge in [-0.25, -0.2) is 13.0 Å². The van der Waals surface area contributed by atoms with Crippen LogP contribution < -0.4 is 4.57 Å². The van der Waals surface area contributed by atoms with Crippen LogP contribution in [0.4, 0.5) is 0 Å². The SMILES string of the molecule is CCCCCCCCCCC[n+]1cccc(CC)c1.CS(=O)(=O)[O-]. The van der Waals surface area contributed by atoms with E-state index in [9.17, 15) is 0 Å². The molecule has 0 aliphatic rings. The molecule has 0 saturated carbocycles. The van der Waals surface area contributed by atoms with E-state index < -0.39 is 10.1 Å². The van der Waals surface area contributed by atoms with Crippen molar-refractivity contribution in [1.82, 2.24) is 0 Å². The van der Waals surface area contributed by atoms with Crippen molar-refractivity contribution in [3.63, 3.8) is 0 Å². The van der Waals surface area contributed by atoms with Crippen molar-refractivity contribution in [1.29, 1.82) is 0 Å². The summed E-state index contributed by atoms with van der Waals surface area (Å²) in [6, 6.07) is 4.39. The third kappa shape index (κ3) is 17.4. The molecule has 1 heterocycles. The molecule has 0 spiro atoms. The summed E-state index contributed by atoms with van der Waals surface area (Å²) in [4.78, 5) is 0. The molecule has 0 aliphatic heterocycles. The molecule has 1 aromatic heterocycles. The maximum absolute atomic E-state index is 9.08. The van der Waals surface area contributed by atoms with Crippen LogP contribution in [-0.4, -0.2) is 19.2 Å². The minimum absolute atomic E-state index is 0.604. The summed E-state index contributed by atoms with van der Waals surface area (Å²) in [5, 5.41) is 0. The van der Waals surface area contributed by atoms with Crippen molar-refractivity contribution in [2.75, 3.05) is 6.26 Å².